The Kier molecular flexibility index (Phi) is 7.07. The second-order valence-electron chi connectivity index (χ2n) is 4.83. The minimum atomic E-state index is -3.58. The Morgan fingerprint density at radius 1 is 1.43 bits per heavy atom. The number of likely N-dealkylation sites (N-methyl/N-ethyl adjacent to an activating group) is 1. The molecule has 23 heavy (non-hydrogen) atoms. The molecule has 130 valence electrons. The summed E-state index contributed by atoms with van der Waals surface area (Å²) in [6.07, 6.45) is 0.0419. The first-order chi connectivity index (χ1) is 10.5. The lowest BCUT2D eigenvalue weighted by atomic mass is 10.0. The van der Waals surface area contributed by atoms with Crippen LogP contribution in [0.3, 0.4) is 0 Å². The van der Waals surface area contributed by atoms with Crippen LogP contribution in [-0.2, 0) is 26.9 Å². The van der Waals surface area contributed by atoms with Gasteiger partial charge in [-0.3, -0.25) is 4.79 Å². The molecular formula is C13H18BrF2N2O3PS. The summed E-state index contributed by atoms with van der Waals surface area (Å²) >= 11 is 3.07. The van der Waals surface area contributed by atoms with Crippen molar-refractivity contribution >= 4 is 41.1 Å². The Morgan fingerprint density at radius 3 is 2.48 bits per heavy atom. The van der Waals surface area contributed by atoms with Crippen LogP contribution in [0.25, 0.3) is 0 Å². The van der Waals surface area contributed by atoms with Gasteiger partial charge in [0.1, 0.15) is 6.04 Å². The van der Waals surface area contributed by atoms with Crippen molar-refractivity contribution in [2.45, 2.75) is 25.1 Å². The predicted molar refractivity (Wildman–Crippen MR) is 91.9 cm³/mol. The number of halogens is 3. The molecule has 0 bridgehead atoms. The molecule has 0 spiro atoms. The average Bonchev–Trinajstić information content (AvgIpc) is 2.44. The number of benzene rings is 1. The molecule has 0 aliphatic rings. The quantitative estimate of drug-likeness (QED) is 0.649. The first-order valence-corrected chi connectivity index (χ1v) is 9.69. The lowest BCUT2D eigenvalue weighted by Gasteiger charge is -2.18. The number of hydrogen-bond acceptors (Lipinski definition) is 3. The van der Waals surface area contributed by atoms with E-state index in [0.29, 0.717) is 5.56 Å². The summed E-state index contributed by atoms with van der Waals surface area (Å²) in [6, 6.07) is 3.11. The third kappa shape index (κ3) is 6.06. The van der Waals surface area contributed by atoms with Gasteiger partial charge in [0.15, 0.2) is 0 Å². The third-order valence-corrected chi connectivity index (χ3v) is 5.47. The Labute approximate surface area is 145 Å². The van der Waals surface area contributed by atoms with Gasteiger partial charge in [-0.15, -0.1) is 0 Å². The molecule has 2 N–H and O–H groups in total. The van der Waals surface area contributed by atoms with E-state index in [4.69, 9.17) is 0 Å². The summed E-state index contributed by atoms with van der Waals surface area (Å²) in [4.78, 5) is 11.8. The highest BCUT2D eigenvalue weighted by Crippen LogP contribution is 2.39. The summed E-state index contributed by atoms with van der Waals surface area (Å²) in [5.41, 5.74) is -2.75. The van der Waals surface area contributed by atoms with Crippen molar-refractivity contribution in [3.8, 4) is 0 Å². The van der Waals surface area contributed by atoms with E-state index in [1.54, 1.807) is 0 Å². The SMILES string of the molecule is CCS(=O)(=O)NC(Cc1ccc(C(F)(F)P)c(Br)c1)C(=O)NC. The molecule has 0 aliphatic carbocycles. The van der Waals surface area contributed by atoms with E-state index < -0.39 is 27.6 Å². The molecule has 2 atom stereocenters. The van der Waals surface area contributed by atoms with Crippen LogP contribution in [0.15, 0.2) is 22.7 Å². The topological polar surface area (TPSA) is 75.3 Å². The largest absolute Gasteiger partial charge is 0.358 e. The monoisotopic (exact) mass is 430 g/mol. The summed E-state index contributed by atoms with van der Waals surface area (Å²) in [5, 5.41) is 2.38. The van der Waals surface area contributed by atoms with Crippen molar-refractivity contribution in [1.82, 2.24) is 10.0 Å². The van der Waals surface area contributed by atoms with Gasteiger partial charge in [0.2, 0.25) is 15.9 Å². The van der Waals surface area contributed by atoms with Crippen LogP contribution in [0.5, 0.6) is 0 Å². The van der Waals surface area contributed by atoms with Crippen LogP contribution in [0.1, 0.15) is 18.1 Å². The Morgan fingerprint density at radius 2 is 2.04 bits per heavy atom. The van der Waals surface area contributed by atoms with E-state index in [2.05, 4.69) is 26.0 Å². The fraction of sp³-hybridized carbons (Fsp3) is 0.462. The van der Waals surface area contributed by atoms with E-state index in [-0.39, 0.29) is 22.2 Å². The maximum atomic E-state index is 13.3. The molecule has 0 heterocycles. The van der Waals surface area contributed by atoms with Gasteiger partial charge >= 0.3 is 0 Å². The van der Waals surface area contributed by atoms with Crippen molar-refractivity contribution < 1.29 is 22.0 Å². The minimum absolute atomic E-state index is 0.0419. The van der Waals surface area contributed by atoms with E-state index in [0.717, 1.165) is 0 Å². The number of amides is 1. The zero-order chi connectivity index (χ0) is 17.8. The number of carbonyl (C=O) groups is 1. The molecular weight excluding hydrogens is 413 g/mol. The van der Waals surface area contributed by atoms with Gasteiger partial charge in [0, 0.05) is 17.1 Å². The summed E-state index contributed by atoms with van der Waals surface area (Å²) < 4.78 is 52.5. The predicted octanol–water partition coefficient (Wildman–Crippen LogP) is 1.97. The number of sulfonamides is 1. The third-order valence-electron chi connectivity index (χ3n) is 3.10. The maximum absolute atomic E-state index is 13.3. The van der Waals surface area contributed by atoms with Crippen molar-refractivity contribution in [2.24, 2.45) is 0 Å². The van der Waals surface area contributed by atoms with Crippen molar-refractivity contribution in [2.75, 3.05) is 12.8 Å². The van der Waals surface area contributed by atoms with Crippen molar-refractivity contribution in [1.29, 1.82) is 0 Å². The van der Waals surface area contributed by atoms with Gasteiger partial charge in [-0.2, -0.15) is 8.78 Å². The van der Waals surface area contributed by atoms with Gasteiger partial charge in [-0.25, -0.2) is 13.1 Å². The smallest absolute Gasteiger partial charge is 0.284 e. The molecule has 2 unspecified atom stereocenters. The molecule has 0 aliphatic heterocycles. The maximum Gasteiger partial charge on any atom is 0.284 e. The highest BCUT2D eigenvalue weighted by molar-refractivity contribution is 9.10. The average molecular weight is 431 g/mol. The first-order valence-electron chi connectivity index (χ1n) is 6.67. The second-order valence-corrected chi connectivity index (χ2v) is 8.45. The number of carbonyl (C=O) groups excluding carboxylic acids is 1. The Balaban J connectivity index is 3.05. The van der Waals surface area contributed by atoms with Gasteiger partial charge in [0.25, 0.3) is 5.66 Å². The highest BCUT2D eigenvalue weighted by atomic mass is 79.9. The summed E-state index contributed by atoms with van der Waals surface area (Å²) in [6.45, 7) is 1.45. The highest BCUT2D eigenvalue weighted by Gasteiger charge is 2.28. The number of alkyl halides is 2. The standard InChI is InChI=1S/C13H18BrF2N2O3PS/c1-3-23(20,21)18-11(12(19)17-2)7-8-4-5-9(10(14)6-8)13(15,16)22/h4-6,11,18H,3,7,22H2,1-2H3,(H,17,19). The van der Waals surface area contributed by atoms with Crippen LogP contribution >= 0.6 is 25.2 Å². The fourth-order valence-electron chi connectivity index (χ4n) is 1.85. The van der Waals surface area contributed by atoms with Crippen LogP contribution in [-0.4, -0.2) is 33.2 Å². The van der Waals surface area contributed by atoms with E-state index >= 15 is 0 Å². The molecule has 1 rings (SSSR count). The first kappa shape index (κ1) is 20.4. The van der Waals surface area contributed by atoms with E-state index in [9.17, 15) is 22.0 Å². The van der Waals surface area contributed by atoms with Gasteiger partial charge in [0.05, 0.1) is 5.75 Å². The molecule has 1 aromatic rings. The van der Waals surface area contributed by atoms with Crippen LogP contribution in [0, 0.1) is 0 Å². The van der Waals surface area contributed by atoms with Crippen molar-refractivity contribution in [3.05, 3.63) is 33.8 Å². The molecule has 0 aromatic heterocycles. The van der Waals surface area contributed by atoms with Crippen LogP contribution in [0.2, 0.25) is 0 Å². The van der Waals surface area contributed by atoms with Crippen molar-refractivity contribution in [3.63, 3.8) is 0 Å². The van der Waals surface area contributed by atoms with Gasteiger partial charge < -0.3 is 5.32 Å². The summed E-state index contributed by atoms with van der Waals surface area (Å²) in [5.74, 6) is -0.666. The van der Waals surface area contributed by atoms with Gasteiger partial charge in [-0.05, 0) is 25.0 Å². The van der Waals surface area contributed by atoms with Crippen LogP contribution < -0.4 is 10.0 Å². The Bertz CT molecular complexity index is 680. The second kappa shape index (κ2) is 7.96. The van der Waals surface area contributed by atoms with E-state index in [1.165, 1.54) is 41.4 Å². The molecule has 1 aromatic carbocycles. The zero-order valence-electron chi connectivity index (χ0n) is 12.6. The lowest BCUT2D eigenvalue weighted by molar-refractivity contribution is -0.122. The van der Waals surface area contributed by atoms with E-state index in [1.807, 2.05) is 0 Å². The minimum Gasteiger partial charge on any atom is -0.358 e. The number of nitrogens with one attached hydrogen (secondary N) is 2. The lowest BCUT2D eigenvalue weighted by Crippen LogP contribution is -2.47. The summed E-state index contributed by atoms with van der Waals surface area (Å²) in [7, 11) is -0.740. The molecule has 5 nitrogen and oxygen atoms in total. The van der Waals surface area contributed by atoms with Gasteiger partial charge in [-0.1, -0.05) is 37.3 Å². The molecule has 1 amide bonds. The molecule has 10 heteroatoms. The molecule has 0 radical (unpaired) electrons. The number of rotatable bonds is 7. The Hall–Kier alpha value is -0.630. The number of hydrogen-bond donors (Lipinski definition) is 2. The molecule has 0 fully saturated rings. The molecule has 0 saturated heterocycles. The fourth-order valence-corrected chi connectivity index (χ4v) is 3.80. The molecule has 0 saturated carbocycles. The normalized spacial score (nSPS) is 13.7. The zero-order valence-corrected chi connectivity index (χ0v) is 16.1. The van der Waals surface area contributed by atoms with Crippen LogP contribution in [0.4, 0.5) is 8.78 Å².